The Morgan fingerprint density at radius 1 is 0.881 bits per heavy atom. The summed E-state index contributed by atoms with van der Waals surface area (Å²) in [5, 5.41) is 3.97. The summed E-state index contributed by atoms with van der Waals surface area (Å²) in [5.74, 6) is 0.913. The molecule has 224 valence electrons. The average molecular weight is 596 g/mol. The van der Waals surface area contributed by atoms with Crippen molar-refractivity contribution in [1.29, 1.82) is 0 Å². The summed E-state index contributed by atoms with van der Waals surface area (Å²) in [6.45, 7) is 3.86. The smallest absolute Gasteiger partial charge is 0.255 e. The first-order valence-corrected chi connectivity index (χ1v) is 15.1. The fraction of sp³-hybridized carbons (Fsp3) is 0.323. The number of methoxy groups -OCH3 is 4. The zero-order chi connectivity index (χ0) is 30.3. The van der Waals surface area contributed by atoms with Crippen LogP contribution in [0.5, 0.6) is 23.0 Å². The normalized spacial score (nSPS) is 14.1. The molecule has 1 heterocycles. The van der Waals surface area contributed by atoms with Crippen molar-refractivity contribution in [2.45, 2.75) is 5.75 Å². The molecule has 1 aliphatic rings. The minimum Gasteiger partial charge on any atom is -0.496 e. The fourth-order valence-corrected chi connectivity index (χ4v) is 5.85. The molecule has 1 aliphatic heterocycles. The van der Waals surface area contributed by atoms with Crippen LogP contribution in [-0.4, -0.2) is 80.9 Å². The second kappa shape index (κ2) is 13.6. The average Bonchev–Trinajstić information content (AvgIpc) is 3.00. The van der Waals surface area contributed by atoms with Crippen molar-refractivity contribution in [1.82, 2.24) is 4.90 Å². The van der Waals surface area contributed by atoms with Gasteiger partial charge >= 0.3 is 0 Å². The van der Waals surface area contributed by atoms with Crippen molar-refractivity contribution in [2.75, 3.05) is 71.9 Å². The predicted octanol–water partition coefficient (Wildman–Crippen LogP) is 4.31. The lowest BCUT2D eigenvalue weighted by atomic mass is 10.1. The quantitative estimate of drug-likeness (QED) is 0.347. The number of para-hydroxylation sites is 1. The number of ether oxygens (including phenoxy) is 4. The Balaban J connectivity index is 1.50. The number of rotatable bonds is 11. The third kappa shape index (κ3) is 7.34. The maximum atomic E-state index is 13.2. The number of benzene rings is 3. The van der Waals surface area contributed by atoms with Crippen LogP contribution in [0.2, 0.25) is 0 Å². The van der Waals surface area contributed by atoms with Gasteiger partial charge < -0.3 is 34.1 Å². The molecule has 3 aromatic carbocycles. The first-order chi connectivity index (χ1) is 20.2. The summed E-state index contributed by atoms with van der Waals surface area (Å²) in [6.07, 6.45) is 1.43. The van der Waals surface area contributed by atoms with Gasteiger partial charge in [-0.2, -0.15) is 0 Å². The summed E-state index contributed by atoms with van der Waals surface area (Å²) in [7, 11) is 4.25. The molecule has 0 unspecified atom stereocenters. The standard InChI is InChI=1S/C31H37N3O7S/c1-33-14-16-34(17-15-33)24-11-9-22(10-12-24)31(35)32-27-8-6-7-23(30(27)41-5)21-42(36,37)18-13-26-28(39-3)19-25(38-2)20-29(26)40-4/h6-13,18-20H,14-17,21H2,1-5H3,(H,32,35). The molecule has 0 saturated carbocycles. The van der Waals surface area contributed by atoms with Crippen molar-refractivity contribution in [3.63, 3.8) is 0 Å². The minimum absolute atomic E-state index is 0.275. The number of nitrogens with one attached hydrogen (secondary N) is 1. The largest absolute Gasteiger partial charge is 0.496 e. The molecule has 0 atom stereocenters. The Hall–Kier alpha value is -4.22. The first-order valence-electron chi connectivity index (χ1n) is 13.4. The highest BCUT2D eigenvalue weighted by Gasteiger charge is 2.19. The maximum absolute atomic E-state index is 13.2. The summed E-state index contributed by atoms with van der Waals surface area (Å²) >= 11 is 0. The van der Waals surface area contributed by atoms with Gasteiger partial charge in [0.2, 0.25) is 0 Å². The summed E-state index contributed by atoms with van der Waals surface area (Å²) in [5.41, 5.74) is 2.79. The van der Waals surface area contributed by atoms with E-state index in [9.17, 15) is 13.2 Å². The van der Waals surface area contributed by atoms with E-state index in [1.165, 1.54) is 34.5 Å². The van der Waals surface area contributed by atoms with Crippen molar-refractivity contribution in [3.8, 4) is 23.0 Å². The van der Waals surface area contributed by atoms with E-state index in [1.807, 2.05) is 12.1 Å². The van der Waals surface area contributed by atoms with Crippen LogP contribution in [0.3, 0.4) is 0 Å². The Labute approximate surface area is 247 Å². The molecule has 11 heteroatoms. The number of carbonyl (C=O) groups excluding carboxylic acids is 1. The maximum Gasteiger partial charge on any atom is 0.255 e. The molecule has 4 rings (SSSR count). The van der Waals surface area contributed by atoms with Gasteiger partial charge in [0.25, 0.3) is 5.91 Å². The van der Waals surface area contributed by atoms with Gasteiger partial charge in [-0.3, -0.25) is 4.79 Å². The van der Waals surface area contributed by atoms with Gasteiger partial charge in [-0.25, -0.2) is 8.42 Å². The van der Waals surface area contributed by atoms with E-state index in [-0.39, 0.29) is 17.4 Å². The summed E-state index contributed by atoms with van der Waals surface area (Å²) < 4.78 is 47.9. The Morgan fingerprint density at radius 2 is 1.52 bits per heavy atom. The number of likely N-dealkylation sites (N-methyl/N-ethyl adjacent to an activating group) is 1. The number of hydrogen-bond donors (Lipinski definition) is 1. The van der Waals surface area contributed by atoms with E-state index >= 15 is 0 Å². The minimum atomic E-state index is -3.77. The van der Waals surface area contributed by atoms with Crippen molar-refractivity contribution >= 4 is 33.2 Å². The van der Waals surface area contributed by atoms with Crippen LogP contribution in [0.15, 0.2) is 60.0 Å². The Morgan fingerprint density at radius 3 is 2.10 bits per heavy atom. The summed E-state index contributed by atoms with van der Waals surface area (Å²) in [6, 6.07) is 15.8. The summed E-state index contributed by atoms with van der Waals surface area (Å²) in [4.78, 5) is 17.7. The second-order valence-corrected chi connectivity index (χ2v) is 11.7. The van der Waals surface area contributed by atoms with Gasteiger partial charge in [0, 0.05) is 60.5 Å². The zero-order valence-corrected chi connectivity index (χ0v) is 25.4. The molecular formula is C31H37N3O7S. The van der Waals surface area contributed by atoms with Crippen LogP contribution in [0.1, 0.15) is 21.5 Å². The third-order valence-electron chi connectivity index (χ3n) is 7.10. The van der Waals surface area contributed by atoms with Crippen LogP contribution >= 0.6 is 0 Å². The topological polar surface area (TPSA) is 107 Å². The zero-order valence-electron chi connectivity index (χ0n) is 24.5. The molecule has 0 bridgehead atoms. The van der Waals surface area contributed by atoms with Crippen LogP contribution in [0, 0.1) is 0 Å². The van der Waals surface area contributed by atoms with Crippen LogP contribution < -0.4 is 29.2 Å². The van der Waals surface area contributed by atoms with Gasteiger partial charge in [-0.15, -0.1) is 0 Å². The number of sulfone groups is 1. The second-order valence-electron chi connectivity index (χ2n) is 9.84. The molecule has 0 spiro atoms. The molecule has 1 N–H and O–H groups in total. The molecule has 0 aliphatic carbocycles. The van der Waals surface area contributed by atoms with Gasteiger partial charge in [0.05, 0.1) is 45.4 Å². The van der Waals surface area contributed by atoms with E-state index in [2.05, 4.69) is 22.2 Å². The van der Waals surface area contributed by atoms with Gasteiger partial charge in [-0.1, -0.05) is 12.1 Å². The number of piperazine rings is 1. The van der Waals surface area contributed by atoms with E-state index in [1.54, 1.807) is 42.5 Å². The number of carbonyl (C=O) groups is 1. The van der Waals surface area contributed by atoms with Crippen molar-refractivity contribution in [3.05, 3.63) is 76.7 Å². The van der Waals surface area contributed by atoms with E-state index in [0.717, 1.165) is 37.3 Å². The first kappa shape index (κ1) is 30.7. The molecule has 0 radical (unpaired) electrons. The molecular weight excluding hydrogens is 558 g/mol. The molecule has 1 amide bonds. The van der Waals surface area contributed by atoms with Crippen molar-refractivity contribution < 1.29 is 32.2 Å². The van der Waals surface area contributed by atoms with Gasteiger partial charge in [-0.05, 0) is 43.5 Å². The lowest BCUT2D eigenvalue weighted by Crippen LogP contribution is -2.44. The molecule has 1 fully saturated rings. The molecule has 0 aromatic heterocycles. The van der Waals surface area contributed by atoms with Crippen LogP contribution in [0.4, 0.5) is 11.4 Å². The highest BCUT2D eigenvalue weighted by molar-refractivity contribution is 7.93. The van der Waals surface area contributed by atoms with Gasteiger partial charge in [0.15, 0.2) is 9.84 Å². The molecule has 1 saturated heterocycles. The Bertz CT molecular complexity index is 1510. The number of nitrogens with zero attached hydrogens (tertiary/aromatic N) is 2. The number of amides is 1. The Kier molecular flexibility index (Phi) is 9.97. The fourth-order valence-electron chi connectivity index (χ4n) is 4.75. The lowest BCUT2D eigenvalue weighted by Gasteiger charge is -2.34. The molecule has 10 nitrogen and oxygen atoms in total. The highest BCUT2D eigenvalue weighted by atomic mass is 32.2. The predicted molar refractivity (Wildman–Crippen MR) is 165 cm³/mol. The lowest BCUT2D eigenvalue weighted by molar-refractivity contribution is 0.102. The number of hydrogen-bond acceptors (Lipinski definition) is 9. The SMILES string of the molecule is COc1cc(OC)c(C=CS(=O)(=O)Cc2cccc(NC(=O)c3ccc(N4CCN(C)CC4)cc3)c2OC)c(OC)c1. The van der Waals surface area contributed by atoms with Crippen LogP contribution in [0.25, 0.3) is 6.08 Å². The van der Waals surface area contributed by atoms with E-state index < -0.39 is 9.84 Å². The third-order valence-corrected chi connectivity index (χ3v) is 8.36. The van der Waals surface area contributed by atoms with Gasteiger partial charge in [0.1, 0.15) is 23.0 Å². The van der Waals surface area contributed by atoms with Crippen LogP contribution in [-0.2, 0) is 15.6 Å². The van der Waals surface area contributed by atoms with E-state index in [0.29, 0.717) is 39.6 Å². The molecule has 42 heavy (non-hydrogen) atoms. The molecule has 3 aromatic rings. The van der Waals surface area contributed by atoms with E-state index in [4.69, 9.17) is 18.9 Å². The van der Waals surface area contributed by atoms with Crippen molar-refractivity contribution in [2.24, 2.45) is 0 Å². The highest BCUT2D eigenvalue weighted by Crippen LogP contribution is 2.36. The monoisotopic (exact) mass is 595 g/mol. The number of anilines is 2.